The Hall–Kier alpha value is -7.52. The van der Waals surface area contributed by atoms with E-state index in [9.17, 15) is 38.3 Å². The summed E-state index contributed by atoms with van der Waals surface area (Å²) in [6, 6.07) is 21.0. The highest BCUT2D eigenvalue weighted by Gasteiger charge is 2.58. The molecule has 0 radical (unpaired) electrons. The quantitative estimate of drug-likeness (QED) is 0.112. The standard InChI is InChI=1S/C53H60FN7O10/c1-51(2,3)53(50(68)71-52(4,5)6,26-42(47(57)65)61-29-37-35(48(61)66)9-7-11-43(37)62)70-45(63)20-19-41(46(56)64)60-30-38-36(49(60)67)10-8-12-44(38)69-31-33-15-13-32(14-16-33)28-58-21-23-59(24-22-58)40-18-17-34(27-55)25-39(40)54/h7-18,25,41-42,62H,19-24,26,28-31H2,1-6H3,(H2,56,64)(H2,57,65)/t41-,42-,53+/m0/s1. The lowest BCUT2D eigenvalue weighted by molar-refractivity contribution is -0.208. The Morgan fingerprint density at radius 3 is 1.94 bits per heavy atom. The molecule has 4 aromatic rings. The lowest BCUT2D eigenvalue weighted by Crippen LogP contribution is -2.60. The van der Waals surface area contributed by atoms with Crippen LogP contribution in [0.4, 0.5) is 10.1 Å². The second-order valence-corrected chi connectivity index (χ2v) is 20.2. The second kappa shape index (κ2) is 20.4. The highest BCUT2D eigenvalue weighted by molar-refractivity contribution is 6.03. The Balaban J connectivity index is 0.997. The molecule has 0 bridgehead atoms. The molecule has 4 amide bonds. The SMILES string of the molecule is CC(C)(C)OC(=O)[C@@](C[C@@H](C(N)=O)N1Cc2c(O)cccc2C1=O)(OC(=O)CC[C@@H](C(N)=O)N1Cc2c(OCc3ccc(CN4CCN(c5ccc(C#N)cc5F)CC4)cc3)cccc2C1=O)C(C)(C)C. The maximum Gasteiger partial charge on any atom is 0.351 e. The van der Waals surface area contributed by atoms with Crippen LogP contribution in [0.2, 0.25) is 0 Å². The Kier molecular flexibility index (Phi) is 14.8. The van der Waals surface area contributed by atoms with Gasteiger partial charge >= 0.3 is 11.9 Å². The zero-order chi connectivity index (χ0) is 51.6. The Morgan fingerprint density at radius 2 is 1.37 bits per heavy atom. The van der Waals surface area contributed by atoms with Gasteiger partial charge in [-0.3, -0.25) is 28.9 Å². The number of hydrogen-bond donors (Lipinski definition) is 3. The molecule has 3 atom stereocenters. The molecule has 18 heteroatoms. The molecule has 71 heavy (non-hydrogen) atoms. The number of aromatic hydroxyl groups is 1. The van der Waals surface area contributed by atoms with Crippen LogP contribution in [0.3, 0.4) is 0 Å². The maximum absolute atomic E-state index is 14.6. The molecule has 17 nitrogen and oxygen atoms in total. The number of halogens is 1. The highest BCUT2D eigenvalue weighted by Crippen LogP contribution is 2.43. The first-order valence-corrected chi connectivity index (χ1v) is 23.5. The molecule has 5 N–H and O–H groups in total. The van der Waals surface area contributed by atoms with Crippen molar-refractivity contribution in [3.8, 4) is 17.6 Å². The van der Waals surface area contributed by atoms with E-state index in [1.165, 1.54) is 29.2 Å². The lowest BCUT2D eigenvalue weighted by atomic mass is 9.72. The topological polar surface area (TPSA) is 239 Å². The number of nitrogens with zero attached hydrogens (tertiary/aromatic N) is 5. The van der Waals surface area contributed by atoms with Gasteiger partial charge in [-0.25, -0.2) is 9.18 Å². The van der Waals surface area contributed by atoms with Gasteiger partial charge in [0.1, 0.15) is 41.6 Å². The van der Waals surface area contributed by atoms with Crippen LogP contribution in [0.1, 0.15) is 109 Å². The summed E-state index contributed by atoms with van der Waals surface area (Å²) >= 11 is 0. The van der Waals surface area contributed by atoms with E-state index in [1.54, 1.807) is 71.9 Å². The number of ether oxygens (including phenoxy) is 3. The fourth-order valence-electron chi connectivity index (χ4n) is 9.32. The number of esters is 2. The third kappa shape index (κ3) is 11.1. The number of fused-ring (bicyclic) bond motifs is 2. The zero-order valence-electron chi connectivity index (χ0n) is 40.8. The van der Waals surface area contributed by atoms with Gasteiger partial charge in [0.15, 0.2) is 0 Å². The average Bonchev–Trinajstić information content (AvgIpc) is 3.82. The van der Waals surface area contributed by atoms with E-state index in [-0.39, 0.29) is 48.6 Å². The predicted octanol–water partition coefficient (Wildman–Crippen LogP) is 5.46. The smallest absolute Gasteiger partial charge is 0.351 e. The highest BCUT2D eigenvalue weighted by atomic mass is 19.1. The molecule has 7 rings (SSSR count). The number of nitrogens with two attached hydrogens (primary N) is 2. The number of benzene rings is 4. The van der Waals surface area contributed by atoms with Crippen LogP contribution in [-0.4, -0.2) is 105 Å². The predicted molar refractivity (Wildman–Crippen MR) is 258 cm³/mol. The van der Waals surface area contributed by atoms with Crippen LogP contribution in [-0.2, 0) is 54.9 Å². The fraction of sp³-hybridized carbons (Fsp3) is 0.415. The average molecular weight is 974 g/mol. The van der Waals surface area contributed by atoms with Gasteiger partial charge in [-0.05, 0) is 80.8 Å². The molecule has 0 aliphatic carbocycles. The van der Waals surface area contributed by atoms with E-state index < -0.39 is 82.9 Å². The van der Waals surface area contributed by atoms with Crippen molar-refractivity contribution in [3.05, 3.63) is 124 Å². The van der Waals surface area contributed by atoms with E-state index in [0.29, 0.717) is 42.2 Å². The van der Waals surface area contributed by atoms with Crippen LogP contribution in [0.15, 0.2) is 78.9 Å². The minimum Gasteiger partial charge on any atom is -0.508 e. The van der Waals surface area contributed by atoms with Crippen LogP contribution in [0, 0.1) is 22.6 Å². The molecule has 0 saturated carbocycles. The Bertz CT molecular complexity index is 2770. The normalized spacial score (nSPS) is 16.6. The van der Waals surface area contributed by atoms with Crippen molar-refractivity contribution < 1.29 is 52.5 Å². The van der Waals surface area contributed by atoms with Gasteiger partial charge in [0.25, 0.3) is 11.8 Å². The number of hydrogen-bond acceptors (Lipinski definition) is 13. The van der Waals surface area contributed by atoms with Crippen LogP contribution in [0.25, 0.3) is 0 Å². The van der Waals surface area contributed by atoms with E-state index in [4.69, 9.17) is 30.9 Å². The number of phenolic OH excluding ortho intramolecular Hbond substituents is 1. The molecule has 0 spiro atoms. The van der Waals surface area contributed by atoms with Crippen LogP contribution in [0.5, 0.6) is 11.5 Å². The summed E-state index contributed by atoms with van der Waals surface area (Å²) in [7, 11) is 0. The molecule has 1 fully saturated rings. The molecular formula is C53H60FN7O10. The number of carbonyl (C=O) groups is 6. The number of anilines is 1. The van der Waals surface area contributed by atoms with E-state index in [1.807, 2.05) is 35.2 Å². The lowest BCUT2D eigenvalue weighted by Gasteiger charge is -2.45. The third-order valence-corrected chi connectivity index (χ3v) is 13.3. The summed E-state index contributed by atoms with van der Waals surface area (Å²) in [6.45, 7) is 13.0. The Labute approximate surface area is 412 Å². The van der Waals surface area contributed by atoms with Crippen molar-refractivity contribution in [3.63, 3.8) is 0 Å². The molecule has 4 aromatic carbocycles. The van der Waals surface area contributed by atoms with Gasteiger partial charge in [-0.1, -0.05) is 57.2 Å². The van der Waals surface area contributed by atoms with Gasteiger partial charge in [0.05, 0.1) is 30.4 Å². The first kappa shape index (κ1) is 51.3. The summed E-state index contributed by atoms with van der Waals surface area (Å²) in [5, 5.41) is 19.6. The van der Waals surface area contributed by atoms with Gasteiger partial charge in [-0.2, -0.15) is 5.26 Å². The maximum atomic E-state index is 14.6. The monoisotopic (exact) mass is 973 g/mol. The van der Waals surface area contributed by atoms with E-state index >= 15 is 0 Å². The molecule has 3 aliphatic heterocycles. The molecule has 374 valence electrons. The van der Waals surface area contributed by atoms with Crippen molar-refractivity contribution in [2.45, 2.75) is 110 Å². The van der Waals surface area contributed by atoms with E-state index in [0.717, 1.165) is 29.1 Å². The van der Waals surface area contributed by atoms with E-state index in [2.05, 4.69) is 4.90 Å². The van der Waals surface area contributed by atoms with Crippen molar-refractivity contribution in [1.29, 1.82) is 5.26 Å². The molecule has 1 saturated heterocycles. The number of phenols is 1. The summed E-state index contributed by atoms with van der Waals surface area (Å²) in [6.07, 6.45) is -1.41. The first-order chi connectivity index (χ1) is 33.5. The third-order valence-electron chi connectivity index (χ3n) is 13.3. The molecular weight excluding hydrogens is 914 g/mol. The summed E-state index contributed by atoms with van der Waals surface area (Å²) < 4.78 is 32.8. The number of amides is 4. The number of rotatable bonds is 17. The van der Waals surface area contributed by atoms with Crippen molar-refractivity contribution in [1.82, 2.24) is 14.7 Å². The Morgan fingerprint density at radius 1 is 0.775 bits per heavy atom. The molecule has 3 aliphatic rings. The molecule has 3 heterocycles. The number of primary amides is 2. The molecule has 0 aromatic heterocycles. The largest absolute Gasteiger partial charge is 0.508 e. The first-order valence-electron chi connectivity index (χ1n) is 23.5. The minimum atomic E-state index is -2.24. The van der Waals surface area contributed by atoms with Crippen molar-refractivity contribution in [2.75, 3.05) is 31.1 Å². The summed E-state index contributed by atoms with van der Waals surface area (Å²) in [4.78, 5) is 89.1. The number of nitriles is 1. The minimum absolute atomic E-state index is 0.0526. The van der Waals surface area contributed by atoms with Crippen molar-refractivity contribution in [2.24, 2.45) is 16.9 Å². The van der Waals surface area contributed by atoms with Crippen LogP contribution >= 0.6 is 0 Å². The number of piperazine rings is 1. The zero-order valence-corrected chi connectivity index (χ0v) is 40.8. The van der Waals surface area contributed by atoms with Gasteiger partial charge in [0.2, 0.25) is 17.4 Å². The second-order valence-electron chi connectivity index (χ2n) is 20.2. The van der Waals surface area contributed by atoms with Crippen molar-refractivity contribution >= 4 is 41.3 Å². The summed E-state index contributed by atoms with van der Waals surface area (Å²) in [5.74, 6) is -5.14. The summed E-state index contributed by atoms with van der Waals surface area (Å²) in [5.41, 5.74) is 11.2. The van der Waals surface area contributed by atoms with Crippen LogP contribution < -0.4 is 21.1 Å². The molecule has 0 unspecified atom stereocenters. The fourth-order valence-corrected chi connectivity index (χ4v) is 9.32. The van der Waals surface area contributed by atoms with Gasteiger partial charge < -0.3 is 45.5 Å². The number of carbonyl (C=O) groups excluding carboxylic acids is 6. The van der Waals surface area contributed by atoms with Gasteiger partial charge in [0, 0.05) is 73.2 Å². The van der Waals surface area contributed by atoms with Gasteiger partial charge in [-0.15, -0.1) is 0 Å².